The van der Waals surface area contributed by atoms with Crippen LogP contribution in [0, 0.1) is 5.92 Å². The van der Waals surface area contributed by atoms with E-state index >= 15 is 0 Å². The number of urea groups is 1. The first-order valence-corrected chi connectivity index (χ1v) is 8.34. The summed E-state index contributed by atoms with van der Waals surface area (Å²) < 4.78 is 5.36. The number of nitrogens with two attached hydrogens (primary N) is 1. The van der Waals surface area contributed by atoms with Crippen molar-refractivity contribution in [1.82, 2.24) is 15.8 Å². The third-order valence-corrected chi connectivity index (χ3v) is 4.13. The minimum Gasteiger partial charge on any atom is -0.484 e. The van der Waals surface area contributed by atoms with E-state index in [4.69, 9.17) is 10.5 Å². The van der Waals surface area contributed by atoms with Crippen LogP contribution in [0.5, 0.6) is 5.75 Å². The quantitative estimate of drug-likeness (QED) is 0.675. The Labute approximate surface area is 146 Å². The Hall–Kier alpha value is -2.77. The van der Waals surface area contributed by atoms with Gasteiger partial charge in [0.25, 0.3) is 5.91 Å². The van der Waals surface area contributed by atoms with Crippen molar-refractivity contribution in [3.05, 3.63) is 29.8 Å². The largest absolute Gasteiger partial charge is 0.484 e. The first-order chi connectivity index (χ1) is 12.0. The monoisotopic (exact) mass is 348 g/mol. The van der Waals surface area contributed by atoms with E-state index in [0.29, 0.717) is 25.1 Å². The van der Waals surface area contributed by atoms with Crippen molar-refractivity contribution in [3.63, 3.8) is 0 Å². The number of hydrazine groups is 1. The highest BCUT2D eigenvalue weighted by Crippen LogP contribution is 2.16. The second-order valence-corrected chi connectivity index (χ2v) is 5.95. The number of ether oxygens (including phenoxy) is 1. The zero-order valence-corrected chi connectivity index (χ0v) is 14.3. The topological polar surface area (TPSA) is 114 Å². The molecule has 0 saturated carbocycles. The van der Waals surface area contributed by atoms with Gasteiger partial charge in [-0.2, -0.15) is 0 Å². The van der Waals surface area contributed by atoms with Gasteiger partial charge in [0.2, 0.25) is 5.91 Å². The zero-order valence-electron chi connectivity index (χ0n) is 14.3. The van der Waals surface area contributed by atoms with Gasteiger partial charge in [0.15, 0.2) is 6.61 Å². The van der Waals surface area contributed by atoms with Crippen LogP contribution in [0.1, 0.15) is 25.3 Å². The van der Waals surface area contributed by atoms with Crippen molar-refractivity contribution in [1.29, 1.82) is 0 Å². The molecule has 1 aliphatic heterocycles. The summed E-state index contributed by atoms with van der Waals surface area (Å²) in [5, 5.41) is 0. The first kappa shape index (κ1) is 18.6. The summed E-state index contributed by atoms with van der Waals surface area (Å²) in [6.45, 7) is 2.66. The van der Waals surface area contributed by atoms with E-state index in [-0.39, 0.29) is 25.0 Å². The predicted molar refractivity (Wildman–Crippen MR) is 91.5 cm³/mol. The summed E-state index contributed by atoms with van der Waals surface area (Å²) in [6, 6.07) is 6.92. The van der Waals surface area contributed by atoms with Crippen LogP contribution in [-0.2, 0) is 16.0 Å². The van der Waals surface area contributed by atoms with Crippen LogP contribution in [0.2, 0.25) is 0 Å². The molecule has 0 radical (unpaired) electrons. The summed E-state index contributed by atoms with van der Waals surface area (Å²) in [5.41, 5.74) is 11.1. The number of aryl methyl sites for hydroxylation is 1. The Bertz CT molecular complexity index is 618. The molecule has 1 atom stereocenters. The molecule has 1 fully saturated rings. The summed E-state index contributed by atoms with van der Waals surface area (Å²) >= 11 is 0. The molecule has 1 saturated heterocycles. The maximum absolute atomic E-state index is 12.1. The molecule has 2 rings (SSSR count). The number of amides is 4. The Morgan fingerprint density at radius 3 is 2.60 bits per heavy atom. The van der Waals surface area contributed by atoms with Crippen LogP contribution < -0.4 is 21.3 Å². The Morgan fingerprint density at radius 1 is 1.24 bits per heavy atom. The van der Waals surface area contributed by atoms with E-state index in [1.807, 2.05) is 12.1 Å². The molecule has 4 amide bonds. The third kappa shape index (κ3) is 5.66. The highest BCUT2D eigenvalue weighted by molar-refractivity contribution is 5.84. The zero-order chi connectivity index (χ0) is 18.2. The average molecular weight is 348 g/mol. The van der Waals surface area contributed by atoms with Crippen molar-refractivity contribution in [2.75, 3.05) is 19.7 Å². The van der Waals surface area contributed by atoms with Crippen molar-refractivity contribution in [2.24, 2.45) is 11.7 Å². The van der Waals surface area contributed by atoms with Crippen LogP contribution in [0.25, 0.3) is 0 Å². The van der Waals surface area contributed by atoms with Crippen LogP contribution >= 0.6 is 0 Å². The summed E-state index contributed by atoms with van der Waals surface area (Å²) in [5.74, 6) is -0.603. The number of piperidine rings is 1. The normalized spacial score (nSPS) is 16.8. The van der Waals surface area contributed by atoms with E-state index in [9.17, 15) is 14.4 Å². The first-order valence-electron chi connectivity index (χ1n) is 8.34. The number of nitrogens with one attached hydrogen (secondary N) is 2. The average Bonchev–Trinajstić information content (AvgIpc) is 2.64. The van der Waals surface area contributed by atoms with Crippen molar-refractivity contribution < 1.29 is 19.1 Å². The lowest BCUT2D eigenvalue weighted by Gasteiger charge is -2.30. The van der Waals surface area contributed by atoms with Gasteiger partial charge in [-0.25, -0.2) is 4.79 Å². The SMILES string of the molecule is CCc1ccc(OCC(=O)NNC(=O)[C@@H]2CCCN(C(N)=O)C2)cc1. The lowest BCUT2D eigenvalue weighted by molar-refractivity contribution is -0.132. The molecule has 0 aliphatic carbocycles. The maximum Gasteiger partial charge on any atom is 0.314 e. The maximum atomic E-state index is 12.1. The Balaban J connectivity index is 1.71. The third-order valence-electron chi connectivity index (χ3n) is 4.13. The molecule has 1 aliphatic rings. The number of benzene rings is 1. The summed E-state index contributed by atoms with van der Waals surface area (Å²) in [6.07, 6.45) is 2.28. The van der Waals surface area contributed by atoms with Crippen LogP contribution in [0.3, 0.4) is 0 Å². The standard InChI is InChI=1S/C17H24N4O4/c1-2-12-5-7-14(8-6-12)25-11-15(22)19-20-16(23)13-4-3-9-21(10-13)17(18)24/h5-8,13H,2-4,9-11H2,1H3,(H2,18,24)(H,19,22)(H,20,23)/t13-/m1/s1. The summed E-state index contributed by atoms with van der Waals surface area (Å²) in [4.78, 5) is 36.4. The number of hydrogen-bond acceptors (Lipinski definition) is 4. The van der Waals surface area contributed by atoms with Crippen LogP contribution in [0.4, 0.5) is 4.79 Å². The lowest BCUT2D eigenvalue weighted by atomic mass is 9.98. The van der Waals surface area contributed by atoms with E-state index in [2.05, 4.69) is 17.8 Å². The molecule has 4 N–H and O–H groups in total. The smallest absolute Gasteiger partial charge is 0.314 e. The molecule has 25 heavy (non-hydrogen) atoms. The van der Waals surface area contributed by atoms with Gasteiger partial charge >= 0.3 is 6.03 Å². The number of nitrogens with zero attached hydrogens (tertiary/aromatic N) is 1. The minimum absolute atomic E-state index is 0.205. The number of carbonyl (C=O) groups excluding carboxylic acids is 3. The predicted octanol–water partition coefficient (Wildman–Crippen LogP) is 0.566. The van der Waals surface area contributed by atoms with Gasteiger partial charge < -0.3 is 15.4 Å². The number of primary amides is 1. The van der Waals surface area contributed by atoms with Gasteiger partial charge in [0, 0.05) is 13.1 Å². The van der Waals surface area contributed by atoms with Gasteiger partial charge in [-0.15, -0.1) is 0 Å². The molecule has 136 valence electrons. The van der Waals surface area contributed by atoms with Crippen molar-refractivity contribution in [3.8, 4) is 5.75 Å². The van der Waals surface area contributed by atoms with E-state index in [1.54, 1.807) is 12.1 Å². The molecule has 8 heteroatoms. The van der Waals surface area contributed by atoms with Crippen LogP contribution in [-0.4, -0.2) is 42.4 Å². The number of carbonyl (C=O) groups is 3. The van der Waals surface area contributed by atoms with Gasteiger partial charge in [0.05, 0.1) is 5.92 Å². The summed E-state index contributed by atoms with van der Waals surface area (Å²) in [7, 11) is 0. The molecule has 0 bridgehead atoms. The van der Waals surface area contributed by atoms with E-state index < -0.39 is 11.9 Å². The molecule has 0 unspecified atom stereocenters. The van der Waals surface area contributed by atoms with E-state index in [1.165, 1.54) is 10.5 Å². The fourth-order valence-electron chi connectivity index (χ4n) is 2.63. The van der Waals surface area contributed by atoms with Gasteiger partial charge in [0.1, 0.15) is 5.75 Å². The fraction of sp³-hybridized carbons (Fsp3) is 0.471. The molecular formula is C17H24N4O4. The number of likely N-dealkylation sites (tertiary alicyclic amines) is 1. The number of hydrogen-bond donors (Lipinski definition) is 3. The highest BCUT2D eigenvalue weighted by Gasteiger charge is 2.27. The van der Waals surface area contributed by atoms with Crippen molar-refractivity contribution in [2.45, 2.75) is 26.2 Å². The molecule has 0 aromatic heterocycles. The van der Waals surface area contributed by atoms with Crippen molar-refractivity contribution >= 4 is 17.8 Å². The van der Waals surface area contributed by atoms with Gasteiger partial charge in [-0.3, -0.25) is 20.4 Å². The fourth-order valence-corrected chi connectivity index (χ4v) is 2.63. The molecular weight excluding hydrogens is 324 g/mol. The molecule has 0 spiro atoms. The molecule has 8 nitrogen and oxygen atoms in total. The lowest BCUT2D eigenvalue weighted by Crippen LogP contribution is -2.51. The minimum atomic E-state index is -0.538. The number of rotatable bonds is 5. The van der Waals surface area contributed by atoms with E-state index in [0.717, 1.165) is 6.42 Å². The molecule has 1 aromatic carbocycles. The molecule has 1 heterocycles. The highest BCUT2D eigenvalue weighted by atomic mass is 16.5. The second kappa shape index (κ2) is 8.91. The van der Waals surface area contributed by atoms with Crippen LogP contribution in [0.15, 0.2) is 24.3 Å². The van der Waals surface area contributed by atoms with Gasteiger partial charge in [-0.1, -0.05) is 19.1 Å². The van der Waals surface area contributed by atoms with Gasteiger partial charge in [-0.05, 0) is 37.0 Å². The Kier molecular flexibility index (Phi) is 6.62. The molecule has 1 aromatic rings. The second-order valence-electron chi connectivity index (χ2n) is 5.95. The Morgan fingerprint density at radius 2 is 1.96 bits per heavy atom.